The number of nitrogens with zero attached hydrogens (tertiary/aromatic N) is 2. The monoisotopic (exact) mass is 393 g/mol. The van der Waals surface area contributed by atoms with Crippen LogP contribution in [0.15, 0.2) is 30.3 Å². The van der Waals surface area contributed by atoms with Crippen molar-refractivity contribution in [1.29, 1.82) is 0 Å². The third-order valence-electron chi connectivity index (χ3n) is 6.16. The van der Waals surface area contributed by atoms with Crippen LogP contribution in [-0.4, -0.2) is 35.4 Å². The highest BCUT2D eigenvalue weighted by Crippen LogP contribution is 2.35. The Balaban J connectivity index is 1.48. The largest absolute Gasteiger partial charge is 0.397 e. The number of carbonyl (C=O) groups excluding carboxylic acids is 1. The highest BCUT2D eigenvalue weighted by molar-refractivity contribution is 7.21. The Kier molecular flexibility index (Phi) is 4.33. The number of nitrogens with one attached hydrogen (secondary N) is 1. The number of hydrogen-bond donors (Lipinski definition) is 2. The average molecular weight is 394 g/mol. The van der Waals surface area contributed by atoms with Gasteiger partial charge < -0.3 is 15.5 Å². The summed E-state index contributed by atoms with van der Waals surface area (Å²) in [7, 11) is 0. The van der Waals surface area contributed by atoms with E-state index in [-0.39, 0.29) is 5.91 Å². The van der Waals surface area contributed by atoms with E-state index in [1.807, 2.05) is 11.0 Å². The Morgan fingerprint density at radius 1 is 1.25 bits per heavy atom. The zero-order valence-corrected chi connectivity index (χ0v) is 16.9. The maximum absolute atomic E-state index is 13.2. The first-order valence-corrected chi connectivity index (χ1v) is 10.9. The predicted octanol–water partition coefficient (Wildman–Crippen LogP) is 2.04. The minimum Gasteiger partial charge on any atom is -0.397 e. The summed E-state index contributed by atoms with van der Waals surface area (Å²) in [6.45, 7) is 6.86. The van der Waals surface area contributed by atoms with Crippen molar-refractivity contribution in [2.24, 2.45) is 0 Å². The second-order valence-electron chi connectivity index (χ2n) is 7.82. The molecule has 3 aromatic rings. The van der Waals surface area contributed by atoms with Crippen LogP contribution in [0.1, 0.15) is 39.0 Å². The molecule has 0 fully saturated rings. The summed E-state index contributed by atoms with van der Waals surface area (Å²) in [5.74, 6) is 0.0359. The van der Waals surface area contributed by atoms with E-state index in [2.05, 4.69) is 31.2 Å². The first kappa shape index (κ1) is 17.6. The molecule has 2 aromatic heterocycles. The molecule has 28 heavy (non-hydrogen) atoms. The first-order chi connectivity index (χ1) is 13.6. The van der Waals surface area contributed by atoms with Gasteiger partial charge in [-0.2, -0.15) is 0 Å². The number of quaternary nitrogens is 1. The SMILES string of the molecule is CC[NH+]1CCc2nc3sc(C(=O)N4CCc5ccccc5C4)c(N)c3cc2C1. The molecule has 0 spiro atoms. The summed E-state index contributed by atoms with van der Waals surface area (Å²) < 4.78 is 0. The van der Waals surface area contributed by atoms with Gasteiger partial charge in [0.25, 0.3) is 5.91 Å². The minimum atomic E-state index is 0.0359. The molecule has 4 heterocycles. The lowest BCUT2D eigenvalue weighted by Crippen LogP contribution is -3.11. The van der Waals surface area contributed by atoms with Gasteiger partial charge in [-0.3, -0.25) is 4.79 Å². The van der Waals surface area contributed by atoms with Crippen molar-refractivity contribution in [3.8, 4) is 0 Å². The van der Waals surface area contributed by atoms with Crippen LogP contribution in [0.5, 0.6) is 0 Å². The molecule has 1 unspecified atom stereocenters. The molecule has 3 N–H and O–H groups in total. The molecule has 0 aliphatic carbocycles. The number of thiophene rings is 1. The third-order valence-corrected chi connectivity index (χ3v) is 7.26. The molecule has 0 radical (unpaired) electrons. The van der Waals surface area contributed by atoms with Crippen LogP contribution in [0.3, 0.4) is 0 Å². The quantitative estimate of drug-likeness (QED) is 0.700. The second-order valence-corrected chi connectivity index (χ2v) is 8.82. The fraction of sp³-hybridized carbons (Fsp3) is 0.364. The van der Waals surface area contributed by atoms with Crippen molar-refractivity contribution in [2.75, 3.05) is 25.4 Å². The number of aromatic nitrogens is 1. The normalized spacial score (nSPS) is 18.8. The van der Waals surface area contributed by atoms with Gasteiger partial charge in [0.15, 0.2) is 0 Å². The van der Waals surface area contributed by atoms with Crippen molar-refractivity contribution in [3.63, 3.8) is 0 Å². The van der Waals surface area contributed by atoms with Crippen LogP contribution in [0.2, 0.25) is 0 Å². The molecule has 5 rings (SSSR count). The number of amides is 1. The Bertz CT molecular complexity index is 1070. The van der Waals surface area contributed by atoms with Gasteiger partial charge >= 0.3 is 0 Å². The summed E-state index contributed by atoms with van der Waals surface area (Å²) >= 11 is 1.45. The molecular formula is C22H25N4OS+. The van der Waals surface area contributed by atoms with Gasteiger partial charge in [0.05, 0.1) is 24.5 Å². The van der Waals surface area contributed by atoms with Gasteiger partial charge in [-0.1, -0.05) is 24.3 Å². The van der Waals surface area contributed by atoms with Gasteiger partial charge in [0.2, 0.25) is 0 Å². The van der Waals surface area contributed by atoms with Crippen LogP contribution < -0.4 is 10.6 Å². The zero-order chi connectivity index (χ0) is 19.3. The molecule has 2 aliphatic rings. The van der Waals surface area contributed by atoms with Crippen molar-refractivity contribution < 1.29 is 9.69 Å². The van der Waals surface area contributed by atoms with Crippen LogP contribution in [0.4, 0.5) is 5.69 Å². The number of nitrogens with two attached hydrogens (primary N) is 1. The van der Waals surface area contributed by atoms with Gasteiger partial charge in [-0.25, -0.2) is 4.98 Å². The maximum atomic E-state index is 13.2. The van der Waals surface area contributed by atoms with Crippen LogP contribution in [0.25, 0.3) is 10.2 Å². The van der Waals surface area contributed by atoms with E-state index in [0.717, 1.165) is 49.2 Å². The summed E-state index contributed by atoms with van der Waals surface area (Å²) in [4.78, 5) is 23.2. The van der Waals surface area contributed by atoms with Crippen molar-refractivity contribution in [1.82, 2.24) is 9.88 Å². The predicted molar refractivity (Wildman–Crippen MR) is 113 cm³/mol. The molecule has 144 valence electrons. The van der Waals surface area contributed by atoms with E-state index in [0.29, 0.717) is 17.1 Å². The van der Waals surface area contributed by atoms with Crippen molar-refractivity contribution in [3.05, 3.63) is 57.6 Å². The van der Waals surface area contributed by atoms with Crippen LogP contribution in [0, 0.1) is 0 Å². The summed E-state index contributed by atoms with van der Waals surface area (Å²) in [5.41, 5.74) is 12.1. The lowest BCUT2D eigenvalue weighted by Gasteiger charge is -2.28. The molecule has 0 bridgehead atoms. The van der Waals surface area contributed by atoms with Crippen LogP contribution >= 0.6 is 11.3 Å². The number of carbonyl (C=O) groups is 1. The number of nitrogen functional groups attached to an aromatic ring is 1. The molecule has 0 saturated heterocycles. The van der Waals surface area contributed by atoms with Gasteiger partial charge in [0.1, 0.15) is 16.3 Å². The highest BCUT2D eigenvalue weighted by Gasteiger charge is 2.27. The Labute approximate surface area is 168 Å². The van der Waals surface area contributed by atoms with E-state index in [4.69, 9.17) is 10.7 Å². The van der Waals surface area contributed by atoms with Crippen molar-refractivity contribution >= 4 is 33.1 Å². The van der Waals surface area contributed by atoms with Crippen molar-refractivity contribution in [2.45, 2.75) is 32.9 Å². The van der Waals surface area contributed by atoms with Gasteiger partial charge in [-0.15, -0.1) is 11.3 Å². The topological polar surface area (TPSA) is 63.7 Å². The Hall–Kier alpha value is -2.44. The molecule has 1 atom stereocenters. The fourth-order valence-electron chi connectivity index (χ4n) is 4.41. The highest BCUT2D eigenvalue weighted by atomic mass is 32.1. The van der Waals surface area contributed by atoms with Gasteiger partial charge in [-0.05, 0) is 30.5 Å². The van der Waals surface area contributed by atoms with E-state index < -0.39 is 0 Å². The number of benzene rings is 1. The molecule has 0 saturated carbocycles. The lowest BCUT2D eigenvalue weighted by molar-refractivity contribution is -0.914. The molecule has 1 aromatic carbocycles. The second kappa shape index (κ2) is 6.87. The third kappa shape index (κ3) is 2.88. The summed E-state index contributed by atoms with van der Waals surface area (Å²) in [6, 6.07) is 10.5. The number of fused-ring (bicyclic) bond motifs is 3. The fourth-order valence-corrected chi connectivity index (χ4v) is 5.48. The summed E-state index contributed by atoms with van der Waals surface area (Å²) in [5, 5.41) is 0.946. The lowest BCUT2D eigenvalue weighted by atomic mass is 10.00. The zero-order valence-electron chi connectivity index (χ0n) is 16.1. The number of anilines is 1. The van der Waals surface area contributed by atoms with Crippen LogP contribution in [-0.2, 0) is 25.9 Å². The minimum absolute atomic E-state index is 0.0359. The smallest absolute Gasteiger partial charge is 0.266 e. The standard InChI is InChI=1S/C22H24N4OS/c1-2-25-9-8-18-16(12-25)11-17-19(23)20(28-21(17)24-18)22(27)26-10-7-14-5-3-4-6-15(14)13-26/h3-6,11H,2,7-10,12-13,23H2,1H3/p+1. The molecule has 1 amide bonds. The number of rotatable bonds is 2. The molecule has 5 nitrogen and oxygen atoms in total. The number of hydrogen-bond acceptors (Lipinski definition) is 4. The average Bonchev–Trinajstić information content (AvgIpc) is 3.06. The first-order valence-electron chi connectivity index (χ1n) is 10.0. The maximum Gasteiger partial charge on any atom is 0.266 e. The Morgan fingerprint density at radius 2 is 2.07 bits per heavy atom. The van der Waals surface area contributed by atoms with E-state index in [9.17, 15) is 4.79 Å². The van der Waals surface area contributed by atoms with Gasteiger partial charge in [0, 0.05) is 30.5 Å². The number of likely N-dealkylation sites (N-methyl/N-ethyl adjacent to an activating group) is 1. The summed E-state index contributed by atoms with van der Waals surface area (Å²) in [6.07, 6.45) is 1.90. The molecule has 6 heteroatoms. The molecule has 2 aliphatic heterocycles. The molecular weight excluding hydrogens is 368 g/mol. The van der Waals surface area contributed by atoms with E-state index in [1.165, 1.54) is 33.7 Å². The van der Waals surface area contributed by atoms with E-state index in [1.54, 1.807) is 4.90 Å². The van der Waals surface area contributed by atoms with E-state index >= 15 is 0 Å². The number of pyridine rings is 1. The Morgan fingerprint density at radius 3 is 2.89 bits per heavy atom.